The first-order valence-corrected chi connectivity index (χ1v) is 7.54. The number of β-amino-alcohol motifs (C(OH)–C–C–N with tert-alkyl or cyclic N) is 1. The zero-order valence-corrected chi connectivity index (χ0v) is 13.0. The van der Waals surface area contributed by atoms with Crippen molar-refractivity contribution < 1.29 is 19.8 Å². The molecule has 120 valence electrons. The number of aliphatic carboxylic acids is 1. The third kappa shape index (κ3) is 2.97. The van der Waals surface area contributed by atoms with E-state index in [1.54, 1.807) is 12.1 Å². The van der Waals surface area contributed by atoms with Crippen LogP contribution in [0, 0.1) is 5.41 Å². The number of nitrogens with zero attached hydrogens (tertiary/aromatic N) is 2. The molecule has 1 aliphatic rings. The Hall–Kier alpha value is -1.95. The minimum absolute atomic E-state index is 0.0504. The van der Waals surface area contributed by atoms with Crippen LogP contribution in [0.2, 0.25) is 0 Å². The SMILES string of the molecule is CCC[C@]1(C(=O)O)CCN(c2ccc(C(C)=O)cn2)C[C@H]1O. The average molecular weight is 306 g/mol. The third-order valence-electron chi connectivity index (χ3n) is 4.46. The number of carboxylic acids is 1. The van der Waals surface area contributed by atoms with Gasteiger partial charge in [-0.3, -0.25) is 9.59 Å². The number of aliphatic hydroxyl groups is 1. The molecule has 6 nitrogen and oxygen atoms in total. The van der Waals surface area contributed by atoms with Crippen LogP contribution in [0.4, 0.5) is 5.82 Å². The summed E-state index contributed by atoms with van der Waals surface area (Å²) in [4.78, 5) is 29.0. The highest BCUT2D eigenvalue weighted by Crippen LogP contribution is 2.37. The number of aromatic nitrogens is 1. The first kappa shape index (κ1) is 16.4. The van der Waals surface area contributed by atoms with Gasteiger partial charge in [-0.15, -0.1) is 0 Å². The maximum Gasteiger partial charge on any atom is 0.312 e. The smallest absolute Gasteiger partial charge is 0.312 e. The Morgan fingerprint density at radius 2 is 2.18 bits per heavy atom. The molecule has 1 saturated heterocycles. The van der Waals surface area contributed by atoms with Gasteiger partial charge in [0.05, 0.1) is 11.5 Å². The van der Waals surface area contributed by atoms with Crippen LogP contribution in [-0.2, 0) is 4.79 Å². The summed E-state index contributed by atoms with van der Waals surface area (Å²) in [6, 6.07) is 3.43. The molecule has 1 aliphatic heterocycles. The summed E-state index contributed by atoms with van der Waals surface area (Å²) in [6.45, 7) is 4.16. The highest BCUT2D eigenvalue weighted by atomic mass is 16.4. The highest BCUT2D eigenvalue weighted by Gasteiger charge is 2.48. The second-order valence-electron chi connectivity index (χ2n) is 5.88. The van der Waals surface area contributed by atoms with Crippen LogP contribution in [0.1, 0.15) is 43.5 Å². The first-order chi connectivity index (χ1) is 10.4. The van der Waals surface area contributed by atoms with Crippen molar-refractivity contribution in [1.82, 2.24) is 4.98 Å². The minimum Gasteiger partial charge on any atom is -0.481 e. The standard InChI is InChI=1S/C16H22N2O4/c1-3-6-16(15(21)22)7-8-18(10-13(16)20)14-5-4-12(9-17-14)11(2)19/h4-5,9,13,20H,3,6-8,10H2,1-2H3,(H,21,22)/t13-,16+/m1/s1. The van der Waals surface area contributed by atoms with Gasteiger partial charge < -0.3 is 15.1 Å². The van der Waals surface area contributed by atoms with Gasteiger partial charge in [0.2, 0.25) is 0 Å². The molecule has 0 radical (unpaired) electrons. The van der Waals surface area contributed by atoms with Gasteiger partial charge in [-0.05, 0) is 31.9 Å². The molecule has 0 saturated carbocycles. The summed E-state index contributed by atoms with van der Waals surface area (Å²) in [6.07, 6.45) is 2.14. The molecule has 2 atom stereocenters. The second-order valence-corrected chi connectivity index (χ2v) is 5.88. The number of aliphatic hydroxyl groups excluding tert-OH is 1. The number of pyridine rings is 1. The Morgan fingerprint density at radius 1 is 1.45 bits per heavy atom. The molecule has 1 aromatic heterocycles. The van der Waals surface area contributed by atoms with E-state index in [-0.39, 0.29) is 12.3 Å². The summed E-state index contributed by atoms with van der Waals surface area (Å²) in [5.41, 5.74) is -0.530. The molecule has 0 bridgehead atoms. The lowest BCUT2D eigenvalue weighted by Crippen LogP contribution is -2.55. The normalized spacial score (nSPS) is 25.0. The van der Waals surface area contributed by atoms with E-state index in [2.05, 4.69) is 4.98 Å². The Labute approximate surface area is 129 Å². The van der Waals surface area contributed by atoms with Crippen molar-refractivity contribution in [2.75, 3.05) is 18.0 Å². The Morgan fingerprint density at radius 3 is 2.64 bits per heavy atom. The van der Waals surface area contributed by atoms with Gasteiger partial charge in [0, 0.05) is 24.8 Å². The van der Waals surface area contributed by atoms with Gasteiger partial charge in [0.1, 0.15) is 5.82 Å². The van der Waals surface area contributed by atoms with E-state index in [0.717, 1.165) is 6.42 Å². The van der Waals surface area contributed by atoms with Gasteiger partial charge in [-0.25, -0.2) is 4.98 Å². The van der Waals surface area contributed by atoms with E-state index in [9.17, 15) is 19.8 Å². The molecule has 0 spiro atoms. The van der Waals surface area contributed by atoms with Crippen LogP contribution in [0.15, 0.2) is 18.3 Å². The number of carbonyl (C=O) groups is 2. The van der Waals surface area contributed by atoms with Gasteiger partial charge in [-0.1, -0.05) is 13.3 Å². The van der Waals surface area contributed by atoms with Crippen molar-refractivity contribution in [3.8, 4) is 0 Å². The Kier molecular flexibility index (Phi) is 4.81. The molecule has 0 unspecified atom stereocenters. The first-order valence-electron chi connectivity index (χ1n) is 7.54. The largest absolute Gasteiger partial charge is 0.481 e. The summed E-state index contributed by atoms with van der Waals surface area (Å²) >= 11 is 0. The fourth-order valence-electron chi connectivity index (χ4n) is 3.06. The Balaban J connectivity index is 2.15. The summed E-state index contributed by atoms with van der Waals surface area (Å²) in [7, 11) is 0. The van der Waals surface area contributed by atoms with Gasteiger partial charge in [-0.2, -0.15) is 0 Å². The molecule has 6 heteroatoms. The van der Waals surface area contributed by atoms with E-state index in [1.165, 1.54) is 13.1 Å². The molecular formula is C16H22N2O4. The molecular weight excluding hydrogens is 284 g/mol. The number of hydrogen-bond acceptors (Lipinski definition) is 5. The molecule has 1 aromatic rings. The van der Waals surface area contributed by atoms with Crippen LogP contribution in [0.3, 0.4) is 0 Å². The lowest BCUT2D eigenvalue weighted by atomic mass is 9.73. The Bertz CT molecular complexity index is 558. The lowest BCUT2D eigenvalue weighted by molar-refractivity contribution is -0.159. The zero-order valence-electron chi connectivity index (χ0n) is 13.0. The van der Waals surface area contributed by atoms with Crippen molar-refractivity contribution in [2.45, 2.75) is 39.2 Å². The predicted octanol–water partition coefficient (Wildman–Crippen LogP) is 1.73. The van der Waals surface area contributed by atoms with Crippen LogP contribution in [0.5, 0.6) is 0 Å². The topological polar surface area (TPSA) is 90.7 Å². The molecule has 0 aromatic carbocycles. The fraction of sp³-hybridized carbons (Fsp3) is 0.562. The fourth-order valence-corrected chi connectivity index (χ4v) is 3.06. The second kappa shape index (κ2) is 6.44. The predicted molar refractivity (Wildman–Crippen MR) is 82.1 cm³/mol. The molecule has 1 fully saturated rings. The lowest BCUT2D eigenvalue weighted by Gasteiger charge is -2.43. The maximum atomic E-state index is 11.6. The van der Waals surface area contributed by atoms with E-state index < -0.39 is 17.5 Å². The number of anilines is 1. The number of piperidine rings is 1. The summed E-state index contributed by atoms with van der Waals surface area (Å²) < 4.78 is 0. The number of ketones is 1. The molecule has 2 rings (SSSR count). The van der Waals surface area contributed by atoms with E-state index in [1.807, 2.05) is 11.8 Å². The van der Waals surface area contributed by atoms with Crippen molar-refractivity contribution in [2.24, 2.45) is 5.41 Å². The van der Waals surface area contributed by atoms with Crippen LogP contribution < -0.4 is 4.90 Å². The number of carboxylic acid groups (broad SMARTS) is 1. The third-order valence-corrected chi connectivity index (χ3v) is 4.46. The minimum atomic E-state index is -1.06. The van der Waals surface area contributed by atoms with Gasteiger partial charge >= 0.3 is 5.97 Å². The van der Waals surface area contributed by atoms with Crippen molar-refractivity contribution in [1.29, 1.82) is 0 Å². The molecule has 0 aliphatic carbocycles. The quantitative estimate of drug-likeness (QED) is 0.805. The summed E-state index contributed by atoms with van der Waals surface area (Å²) in [5.74, 6) is -0.327. The average Bonchev–Trinajstić information content (AvgIpc) is 2.49. The number of carbonyl (C=O) groups excluding carboxylic acids is 1. The maximum absolute atomic E-state index is 11.6. The molecule has 22 heavy (non-hydrogen) atoms. The van der Waals surface area contributed by atoms with Crippen LogP contribution in [-0.4, -0.2) is 46.1 Å². The van der Waals surface area contributed by atoms with Gasteiger partial charge in [0.25, 0.3) is 0 Å². The van der Waals surface area contributed by atoms with E-state index in [0.29, 0.717) is 30.8 Å². The monoisotopic (exact) mass is 306 g/mol. The van der Waals surface area contributed by atoms with Crippen molar-refractivity contribution >= 4 is 17.6 Å². The van der Waals surface area contributed by atoms with Gasteiger partial charge in [0.15, 0.2) is 5.78 Å². The highest BCUT2D eigenvalue weighted by molar-refractivity contribution is 5.93. The number of Topliss-reactive ketones (excluding diaryl/α,β-unsaturated/α-hetero) is 1. The van der Waals surface area contributed by atoms with E-state index >= 15 is 0 Å². The molecule has 2 heterocycles. The van der Waals surface area contributed by atoms with Crippen molar-refractivity contribution in [3.05, 3.63) is 23.9 Å². The van der Waals surface area contributed by atoms with Crippen LogP contribution >= 0.6 is 0 Å². The molecule has 0 amide bonds. The zero-order chi connectivity index (χ0) is 16.3. The molecule has 2 N–H and O–H groups in total. The van der Waals surface area contributed by atoms with E-state index in [4.69, 9.17) is 0 Å². The summed E-state index contributed by atoms with van der Waals surface area (Å²) in [5, 5.41) is 19.9. The number of hydrogen-bond donors (Lipinski definition) is 2. The number of rotatable bonds is 5. The van der Waals surface area contributed by atoms with Crippen molar-refractivity contribution in [3.63, 3.8) is 0 Å². The van der Waals surface area contributed by atoms with Crippen LogP contribution in [0.25, 0.3) is 0 Å².